The zero-order valence-corrected chi connectivity index (χ0v) is 9.53. The van der Waals surface area contributed by atoms with Crippen LogP contribution in [0.3, 0.4) is 0 Å². The van der Waals surface area contributed by atoms with Crippen LogP contribution >= 0.6 is 0 Å². The van der Waals surface area contributed by atoms with Gasteiger partial charge in [-0.25, -0.2) is 0 Å². The highest BCUT2D eigenvalue weighted by atomic mass is 15.2. The smallest absolute Gasteiger partial charge is 0.0535 e. The second kappa shape index (κ2) is 4.33. The Morgan fingerprint density at radius 2 is 2.47 bits per heavy atom. The number of H-pyrrole nitrogens is 1. The number of nitrogens with zero attached hydrogens (tertiary/aromatic N) is 2. The molecule has 1 aromatic heterocycles. The van der Waals surface area contributed by atoms with Crippen molar-refractivity contribution in [2.24, 2.45) is 11.7 Å². The molecule has 2 unspecified atom stereocenters. The zero-order valence-electron chi connectivity index (χ0n) is 9.53. The van der Waals surface area contributed by atoms with Crippen molar-refractivity contribution >= 4 is 0 Å². The monoisotopic (exact) mass is 208 g/mol. The van der Waals surface area contributed by atoms with E-state index in [0.717, 1.165) is 19.6 Å². The van der Waals surface area contributed by atoms with Crippen LogP contribution in [0.2, 0.25) is 0 Å². The number of aromatic amines is 1. The van der Waals surface area contributed by atoms with E-state index in [9.17, 15) is 0 Å². The van der Waals surface area contributed by atoms with Gasteiger partial charge in [0.05, 0.1) is 6.20 Å². The number of nitrogens with one attached hydrogen (secondary N) is 1. The van der Waals surface area contributed by atoms with Gasteiger partial charge in [0.1, 0.15) is 0 Å². The Labute approximate surface area is 90.8 Å². The van der Waals surface area contributed by atoms with Crippen LogP contribution in [0.1, 0.15) is 24.6 Å². The maximum Gasteiger partial charge on any atom is 0.0535 e. The molecule has 4 nitrogen and oxygen atoms in total. The summed E-state index contributed by atoms with van der Waals surface area (Å²) in [5.41, 5.74) is 8.20. The van der Waals surface area contributed by atoms with Crippen LogP contribution in [-0.2, 0) is 6.54 Å². The predicted molar refractivity (Wildman–Crippen MR) is 60.4 cm³/mol. The summed E-state index contributed by atoms with van der Waals surface area (Å²) in [6, 6.07) is 0.646. The van der Waals surface area contributed by atoms with Gasteiger partial charge in [-0.05, 0) is 32.7 Å². The molecule has 0 spiro atoms. The lowest BCUT2D eigenvalue weighted by Crippen LogP contribution is -2.27. The first kappa shape index (κ1) is 10.6. The second-order valence-corrected chi connectivity index (χ2v) is 4.64. The first-order valence-electron chi connectivity index (χ1n) is 5.63. The number of nitrogens with two attached hydrogens (primary N) is 1. The fourth-order valence-electron chi connectivity index (χ4n) is 2.36. The molecule has 2 heterocycles. The van der Waals surface area contributed by atoms with E-state index in [1.807, 2.05) is 6.20 Å². The highest BCUT2D eigenvalue weighted by Crippen LogP contribution is 2.24. The third-order valence-corrected chi connectivity index (χ3v) is 3.43. The molecule has 2 rings (SSSR count). The molecule has 1 fully saturated rings. The van der Waals surface area contributed by atoms with E-state index in [1.165, 1.54) is 17.7 Å². The van der Waals surface area contributed by atoms with E-state index in [2.05, 4.69) is 28.9 Å². The summed E-state index contributed by atoms with van der Waals surface area (Å²) >= 11 is 0. The second-order valence-electron chi connectivity index (χ2n) is 4.64. The molecule has 0 aromatic carbocycles. The van der Waals surface area contributed by atoms with Crippen molar-refractivity contribution in [2.75, 3.05) is 13.1 Å². The van der Waals surface area contributed by atoms with Gasteiger partial charge < -0.3 is 5.73 Å². The summed E-state index contributed by atoms with van der Waals surface area (Å²) in [4.78, 5) is 2.50. The third kappa shape index (κ3) is 2.21. The van der Waals surface area contributed by atoms with Crippen molar-refractivity contribution in [1.29, 1.82) is 0 Å². The van der Waals surface area contributed by atoms with Gasteiger partial charge in [-0.2, -0.15) is 5.10 Å². The van der Waals surface area contributed by atoms with Crippen LogP contribution in [0.15, 0.2) is 6.20 Å². The van der Waals surface area contributed by atoms with Crippen molar-refractivity contribution in [3.8, 4) is 0 Å². The molecule has 1 aliphatic heterocycles. The molecule has 0 saturated carbocycles. The molecule has 4 heteroatoms. The highest BCUT2D eigenvalue weighted by molar-refractivity contribution is 5.14. The van der Waals surface area contributed by atoms with E-state index in [1.54, 1.807) is 0 Å². The van der Waals surface area contributed by atoms with Crippen LogP contribution < -0.4 is 5.73 Å². The standard InChI is InChI=1S/C11H20N4/c1-8-3-10(4-12)6-15(8)7-11-5-13-14-9(11)2/h5,8,10H,3-4,6-7,12H2,1-2H3,(H,13,14). The highest BCUT2D eigenvalue weighted by Gasteiger charge is 2.28. The minimum absolute atomic E-state index is 0.646. The summed E-state index contributed by atoms with van der Waals surface area (Å²) in [7, 11) is 0. The SMILES string of the molecule is Cc1[nH]ncc1CN1CC(CN)CC1C. The fourth-order valence-corrected chi connectivity index (χ4v) is 2.36. The summed E-state index contributed by atoms with van der Waals surface area (Å²) in [6.45, 7) is 7.29. The van der Waals surface area contributed by atoms with Gasteiger partial charge in [0, 0.05) is 30.4 Å². The number of likely N-dealkylation sites (tertiary alicyclic amines) is 1. The van der Waals surface area contributed by atoms with Gasteiger partial charge in [0.2, 0.25) is 0 Å². The third-order valence-electron chi connectivity index (χ3n) is 3.43. The van der Waals surface area contributed by atoms with Gasteiger partial charge >= 0.3 is 0 Å². The summed E-state index contributed by atoms with van der Waals surface area (Å²) in [6.07, 6.45) is 3.16. The van der Waals surface area contributed by atoms with Crippen LogP contribution in [0.5, 0.6) is 0 Å². The van der Waals surface area contributed by atoms with E-state index in [4.69, 9.17) is 5.73 Å². The van der Waals surface area contributed by atoms with Crippen molar-refractivity contribution in [3.05, 3.63) is 17.5 Å². The molecule has 0 aliphatic carbocycles. The lowest BCUT2D eigenvalue weighted by atomic mass is 10.1. The predicted octanol–water partition coefficient (Wildman–Crippen LogP) is 0.887. The van der Waals surface area contributed by atoms with Gasteiger partial charge in [-0.15, -0.1) is 0 Å². The number of aryl methyl sites for hydroxylation is 1. The van der Waals surface area contributed by atoms with Gasteiger partial charge in [-0.1, -0.05) is 0 Å². The zero-order chi connectivity index (χ0) is 10.8. The van der Waals surface area contributed by atoms with Crippen LogP contribution in [0.25, 0.3) is 0 Å². The lowest BCUT2D eigenvalue weighted by Gasteiger charge is -2.20. The fraction of sp³-hybridized carbons (Fsp3) is 0.727. The molecule has 2 atom stereocenters. The van der Waals surface area contributed by atoms with Crippen molar-refractivity contribution in [2.45, 2.75) is 32.9 Å². The molecular weight excluding hydrogens is 188 g/mol. The molecule has 84 valence electrons. The van der Waals surface area contributed by atoms with Gasteiger partial charge in [0.15, 0.2) is 0 Å². The van der Waals surface area contributed by atoms with E-state index in [-0.39, 0.29) is 0 Å². The Morgan fingerprint density at radius 1 is 1.67 bits per heavy atom. The maximum absolute atomic E-state index is 5.72. The quantitative estimate of drug-likeness (QED) is 0.775. The number of hydrogen-bond donors (Lipinski definition) is 2. The van der Waals surface area contributed by atoms with Gasteiger partial charge in [-0.3, -0.25) is 10.00 Å². The van der Waals surface area contributed by atoms with Crippen LogP contribution in [0.4, 0.5) is 0 Å². The minimum Gasteiger partial charge on any atom is -0.330 e. The molecule has 0 amide bonds. The average Bonchev–Trinajstić information content (AvgIpc) is 2.76. The van der Waals surface area contributed by atoms with Crippen LogP contribution in [0, 0.1) is 12.8 Å². The average molecular weight is 208 g/mol. The van der Waals surface area contributed by atoms with Crippen molar-refractivity contribution < 1.29 is 0 Å². The molecule has 0 radical (unpaired) electrons. The molecule has 15 heavy (non-hydrogen) atoms. The van der Waals surface area contributed by atoms with E-state index < -0.39 is 0 Å². The van der Waals surface area contributed by atoms with Crippen molar-refractivity contribution in [3.63, 3.8) is 0 Å². The first-order valence-corrected chi connectivity index (χ1v) is 5.63. The number of aromatic nitrogens is 2. The molecule has 1 saturated heterocycles. The summed E-state index contributed by atoms with van der Waals surface area (Å²) in [5.74, 6) is 0.673. The van der Waals surface area contributed by atoms with Crippen molar-refractivity contribution in [1.82, 2.24) is 15.1 Å². The topological polar surface area (TPSA) is 57.9 Å². The van der Waals surface area contributed by atoms with Gasteiger partial charge in [0.25, 0.3) is 0 Å². The number of rotatable bonds is 3. The Balaban J connectivity index is 1.98. The van der Waals surface area contributed by atoms with E-state index in [0.29, 0.717) is 12.0 Å². The lowest BCUT2D eigenvalue weighted by molar-refractivity contribution is 0.255. The Morgan fingerprint density at radius 3 is 3.00 bits per heavy atom. The summed E-state index contributed by atoms with van der Waals surface area (Å²) < 4.78 is 0. The normalized spacial score (nSPS) is 27.4. The summed E-state index contributed by atoms with van der Waals surface area (Å²) in [5, 5.41) is 7.03. The molecule has 3 N–H and O–H groups in total. The molecule has 1 aliphatic rings. The van der Waals surface area contributed by atoms with Crippen LogP contribution in [-0.4, -0.2) is 34.2 Å². The molecule has 1 aromatic rings. The minimum atomic E-state index is 0.646. The molecular formula is C11H20N4. The Kier molecular flexibility index (Phi) is 3.07. The first-order chi connectivity index (χ1) is 7.20. The largest absolute Gasteiger partial charge is 0.330 e. The Bertz CT molecular complexity index is 320. The maximum atomic E-state index is 5.72. The molecule has 0 bridgehead atoms. The number of hydrogen-bond acceptors (Lipinski definition) is 3. The van der Waals surface area contributed by atoms with E-state index >= 15 is 0 Å². The Hall–Kier alpha value is -0.870.